The highest BCUT2D eigenvalue weighted by Crippen LogP contribution is 2.23. The number of fused-ring (bicyclic) bond motifs is 1. The van der Waals surface area contributed by atoms with Crippen molar-refractivity contribution in [2.24, 2.45) is 5.73 Å². The van der Waals surface area contributed by atoms with Gasteiger partial charge in [-0.25, -0.2) is 0 Å². The van der Waals surface area contributed by atoms with Gasteiger partial charge in [-0.3, -0.25) is 9.59 Å². The summed E-state index contributed by atoms with van der Waals surface area (Å²) in [6.07, 6.45) is 4.29. The normalized spacial score (nSPS) is 12.9. The second-order valence-corrected chi connectivity index (χ2v) is 4.27. The fraction of sp³-hybridized carbons (Fsp3) is 0.143. The number of aliphatic hydroxyl groups is 1. The number of nitrogens with one attached hydrogen (secondary N) is 1. The van der Waals surface area contributed by atoms with Gasteiger partial charge in [0.25, 0.3) is 11.7 Å². The van der Waals surface area contributed by atoms with Crippen LogP contribution in [0.2, 0.25) is 0 Å². The molecule has 1 aromatic heterocycles. The molecule has 0 saturated heterocycles. The SMILES string of the molecule is CC(O)/C=C/c1cccc2c(C(=O)C(N)=O)c[nH]c12. The van der Waals surface area contributed by atoms with E-state index in [1.54, 1.807) is 31.2 Å². The van der Waals surface area contributed by atoms with Crippen LogP contribution in [0.15, 0.2) is 30.5 Å². The molecule has 0 saturated carbocycles. The van der Waals surface area contributed by atoms with Crippen LogP contribution in [0.25, 0.3) is 17.0 Å². The summed E-state index contributed by atoms with van der Waals surface area (Å²) in [5.74, 6) is -1.70. The first-order chi connectivity index (χ1) is 9.00. The van der Waals surface area contributed by atoms with Crippen LogP contribution in [0.4, 0.5) is 0 Å². The number of Topliss-reactive ketones (excluding diaryl/α,β-unsaturated/α-hetero) is 1. The van der Waals surface area contributed by atoms with E-state index in [9.17, 15) is 14.7 Å². The smallest absolute Gasteiger partial charge is 0.289 e. The number of para-hydroxylation sites is 1. The second-order valence-electron chi connectivity index (χ2n) is 4.27. The number of H-pyrrole nitrogens is 1. The van der Waals surface area contributed by atoms with Gasteiger partial charge in [0.1, 0.15) is 0 Å². The molecule has 5 nitrogen and oxygen atoms in total. The molecule has 19 heavy (non-hydrogen) atoms. The minimum absolute atomic E-state index is 0.259. The summed E-state index contributed by atoms with van der Waals surface area (Å²) in [7, 11) is 0. The first-order valence-electron chi connectivity index (χ1n) is 5.81. The third-order valence-corrected chi connectivity index (χ3v) is 2.77. The van der Waals surface area contributed by atoms with Crippen molar-refractivity contribution in [2.45, 2.75) is 13.0 Å². The van der Waals surface area contributed by atoms with Gasteiger partial charge in [-0.1, -0.05) is 30.4 Å². The Kier molecular flexibility index (Phi) is 3.48. The zero-order valence-electron chi connectivity index (χ0n) is 10.4. The molecule has 2 rings (SSSR count). The van der Waals surface area contributed by atoms with Crippen molar-refractivity contribution in [2.75, 3.05) is 0 Å². The number of carbonyl (C=O) groups is 2. The molecule has 2 aromatic rings. The first kappa shape index (κ1) is 13.0. The van der Waals surface area contributed by atoms with Crippen LogP contribution in [0.3, 0.4) is 0 Å². The zero-order valence-corrected chi connectivity index (χ0v) is 10.4. The number of aliphatic hydroxyl groups excluding tert-OH is 1. The van der Waals surface area contributed by atoms with E-state index < -0.39 is 17.8 Å². The largest absolute Gasteiger partial charge is 0.389 e. The highest BCUT2D eigenvalue weighted by atomic mass is 16.3. The van der Waals surface area contributed by atoms with Gasteiger partial charge in [-0.2, -0.15) is 0 Å². The summed E-state index contributed by atoms with van der Waals surface area (Å²) in [6, 6.07) is 5.35. The van der Waals surface area contributed by atoms with Gasteiger partial charge in [-0.15, -0.1) is 0 Å². The molecule has 0 radical (unpaired) electrons. The van der Waals surface area contributed by atoms with E-state index in [4.69, 9.17) is 5.73 Å². The topological polar surface area (TPSA) is 96.2 Å². The molecule has 0 bridgehead atoms. The minimum Gasteiger partial charge on any atom is -0.389 e. The summed E-state index contributed by atoms with van der Waals surface area (Å²) in [5.41, 5.74) is 6.81. The maximum Gasteiger partial charge on any atom is 0.289 e. The Bertz CT molecular complexity index is 668. The van der Waals surface area contributed by atoms with Crippen molar-refractivity contribution < 1.29 is 14.7 Å². The number of aromatic amines is 1. The van der Waals surface area contributed by atoms with E-state index in [2.05, 4.69) is 4.98 Å². The molecule has 0 aliphatic heterocycles. The fourth-order valence-corrected chi connectivity index (χ4v) is 1.88. The van der Waals surface area contributed by atoms with Gasteiger partial charge in [-0.05, 0) is 12.5 Å². The Morgan fingerprint density at radius 1 is 1.42 bits per heavy atom. The van der Waals surface area contributed by atoms with E-state index in [1.165, 1.54) is 6.20 Å². The van der Waals surface area contributed by atoms with Crippen LogP contribution in [-0.4, -0.2) is 27.9 Å². The van der Waals surface area contributed by atoms with E-state index in [0.29, 0.717) is 5.39 Å². The lowest BCUT2D eigenvalue weighted by molar-refractivity contribution is -0.114. The van der Waals surface area contributed by atoms with E-state index in [-0.39, 0.29) is 5.56 Å². The maximum absolute atomic E-state index is 11.6. The molecule has 0 spiro atoms. The lowest BCUT2D eigenvalue weighted by Crippen LogP contribution is -2.22. The summed E-state index contributed by atoms with van der Waals surface area (Å²) >= 11 is 0. The lowest BCUT2D eigenvalue weighted by atomic mass is 10.1. The van der Waals surface area contributed by atoms with Crippen LogP contribution < -0.4 is 5.73 Å². The Labute approximate surface area is 109 Å². The molecule has 98 valence electrons. The van der Waals surface area contributed by atoms with Crippen LogP contribution in [0.5, 0.6) is 0 Å². The molecule has 1 atom stereocenters. The van der Waals surface area contributed by atoms with Gasteiger partial charge >= 0.3 is 0 Å². The van der Waals surface area contributed by atoms with E-state index in [0.717, 1.165) is 11.1 Å². The molecule has 1 heterocycles. The zero-order chi connectivity index (χ0) is 14.0. The lowest BCUT2D eigenvalue weighted by Gasteiger charge is -1.99. The van der Waals surface area contributed by atoms with E-state index in [1.807, 2.05) is 6.07 Å². The summed E-state index contributed by atoms with van der Waals surface area (Å²) in [6.45, 7) is 1.65. The monoisotopic (exact) mass is 258 g/mol. The number of ketones is 1. The Morgan fingerprint density at radius 3 is 2.79 bits per heavy atom. The minimum atomic E-state index is -0.981. The standard InChI is InChI=1S/C14H14N2O3/c1-8(17)5-6-9-3-2-4-10-11(7-16-12(9)10)13(18)14(15)19/h2-8,16-17H,1H3,(H2,15,19)/b6-5+. The van der Waals surface area contributed by atoms with Crippen LogP contribution >= 0.6 is 0 Å². The predicted octanol–water partition coefficient (Wildman–Crippen LogP) is 1.23. The molecule has 1 aromatic carbocycles. The Morgan fingerprint density at radius 2 is 2.16 bits per heavy atom. The molecule has 5 heteroatoms. The number of amides is 1. The third-order valence-electron chi connectivity index (χ3n) is 2.77. The van der Waals surface area contributed by atoms with Crippen molar-refractivity contribution in [1.29, 1.82) is 0 Å². The summed E-state index contributed by atoms with van der Waals surface area (Å²) < 4.78 is 0. The van der Waals surface area contributed by atoms with Crippen molar-refractivity contribution in [1.82, 2.24) is 4.98 Å². The van der Waals surface area contributed by atoms with Gasteiger partial charge in [0, 0.05) is 11.6 Å². The Hall–Kier alpha value is -2.40. The maximum atomic E-state index is 11.6. The van der Waals surface area contributed by atoms with Gasteiger partial charge in [0.2, 0.25) is 0 Å². The molecular weight excluding hydrogens is 244 g/mol. The molecule has 1 amide bonds. The van der Waals surface area contributed by atoms with Gasteiger partial charge < -0.3 is 15.8 Å². The van der Waals surface area contributed by atoms with Gasteiger partial charge in [0.15, 0.2) is 0 Å². The number of primary amides is 1. The van der Waals surface area contributed by atoms with Crippen molar-refractivity contribution in [3.8, 4) is 0 Å². The fourth-order valence-electron chi connectivity index (χ4n) is 1.88. The average molecular weight is 258 g/mol. The second kappa shape index (κ2) is 5.07. The summed E-state index contributed by atoms with van der Waals surface area (Å²) in [5, 5.41) is 9.88. The molecule has 0 fully saturated rings. The van der Waals surface area contributed by atoms with Crippen molar-refractivity contribution >= 4 is 28.7 Å². The number of hydrogen-bond donors (Lipinski definition) is 3. The number of nitrogens with two attached hydrogens (primary N) is 1. The number of aromatic nitrogens is 1. The van der Waals surface area contributed by atoms with E-state index >= 15 is 0 Å². The first-order valence-corrected chi connectivity index (χ1v) is 5.81. The van der Waals surface area contributed by atoms with Gasteiger partial charge in [0.05, 0.1) is 17.2 Å². The Balaban J connectivity index is 2.54. The highest BCUT2D eigenvalue weighted by Gasteiger charge is 2.17. The van der Waals surface area contributed by atoms with Crippen LogP contribution in [0.1, 0.15) is 22.8 Å². The number of hydrogen-bond acceptors (Lipinski definition) is 3. The molecule has 0 aliphatic rings. The summed E-state index contributed by atoms with van der Waals surface area (Å²) in [4.78, 5) is 25.6. The quantitative estimate of drug-likeness (QED) is 0.568. The molecule has 4 N–H and O–H groups in total. The van der Waals surface area contributed by atoms with Crippen molar-refractivity contribution in [3.05, 3.63) is 41.6 Å². The van der Waals surface area contributed by atoms with Crippen molar-refractivity contribution in [3.63, 3.8) is 0 Å². The molecular formula is C14H14N2O3. The highest BCUT2D eigenvalue weighted by molar-refractivity contribution is 6.44. The number of carbonyl (C=O) groups excluding carboxylic acids is 2. The number of benzene rings is 1. The molecule has 1 unspecified atom stereocenters. The molecule has 0 aliphatic carbocycles. The third kappa shape index (κ3) is 2.56. The number of rotatable bonds is 4. The predicted molar refractivity (Wildman–Crippen MR) is 72.5 cm³/mol. The van der Waals surface area contributed by atoms with Crippen LogP contribution in [-0.2, 0) is 4.79 Å². The van der Waals surface area contributed by atoms with Crippen LogP contribution in [0, 0.1) is 0 Å². The average Bonchev–Trinajstić information content (AvgIpc) is 2.79.